The second kappa shape index (κ2) is 7.20. The highest BCUT2D eigenvalue weighted by Crippen LogP contribution is 2.33. The van der Waals surface area contributed by atoms with Crippen molar-refractivity contribution >= 4 is 6.09 Å². The van der Waals surface area contributed by atoms with Crippen LogP contribution in [-0.2, 0) is 4.74 Å². The van der Waals surface area contributed by atoms with Crippen molar-refractivity contribution in [3.05, 3.63) is 0 Å². The topological polar surface area (TPSA) is 44.8 Å². The fraction of sp³-hybridized carbons (Fsp3) is 0.947. The van der Waals surface area contributed by atoms with Crippen molar-refractivity contribution in [2.45, 2.75) is 95.5 Å². The van der Waals surface area contributed by atoms with Crippen molar-refractivity contribution in [2.75, 3.05) is 20.1 Å². The van der Waals surface area contributed by atoms with Crippen LogP contribution in [-0.4, -0.2) is 65.8 Å². The van der Waals surface area contributed by atoms with Crippen LogP contribution in [0.3, 0.4) is 0 Å². The SMILES string of the molecule is CN1C2CCCC1CC(NC1CCN(C(=O)OC(C)(C)C)CC1)C2. The molecule has 1 amide bonds. The first-order chi connectivity index (χ1) is 11.3. The molecule has 3 heterocycles. The third-order valence-corrected chi connectivity index (χ3v) is 5.96. The molecule has 0 aromatic heterocycles. The van der Waals surface area contributed by atoms with Crippen LogP contribution >= 0.6 is 0 Å². The maximum Gasteiger partial charge on any atom is 0.410 e. The Bertz CT molecular complexity index is 426. The van der Waals surface area contributed by atoms with Crippen LogP contribution in [0, 0.1) is 0 Å². The number of carbonyl (C=O) groups is 1. The Morgan fingerprint density at radius 3 is 2.12 bits per heavy atom. The molecule has 2 atom stereocenters. The summed E-state index contributed by atoms with van der Waals surface area (Å²) in [5, 5.41) is 3.91. The normalized spacial score (nSPS) is 32.7. The van der Waals surface area contributed by atoms with Gasteiger partial charge in [0.1, 0.15) is 5.60 Å². The van der Waals surface area contributed by atoms with Gasteiger partial charge in [-0.25, -0.2) is 4.79 Å². The number of likely N-dealkylation sites (tertiary alicyclic amines) is 1. The van der Waals surface area contributed by atoms with E-state index in [0.717, 1.165) is 38.0 Å². The number of hydrogen-bond acceptors (Lipinski definition) is 4. The van der Waals surface area contributed by atoms with E-state index in [-0.39, 0.29) is 6.09 Å². The molecule has 0 aromatic rings. The molecule has 5 heteroatoms. The zero-order chi connectivity index (χ0) is 17.3. The fourth-order valence-electron chi connectivity index (χ4n) is 4.64. The molecule has 3 aliphatic heterocycles. The van der Waals surface area contributed by atoms with E-state index in [4.69, 9.17) is 4.74 Å². The lowest BCUT2D eigenvalue weighted by atomic mass is 9.82. The summed E-state index contributed by atoms with van der Waals surface area (Å²) in [5.74, 6) is 0. The van der Waals surface area contributed by atoms with E-state index in [1.54, 1.807) is 0 Å². The summed E-state index contributed by atoms with van der Waals surface area (Å²) in [6, 6.07) is 2.76. The van der Waals surface area contributed by atoms with Crippen LogP contribution in [0.2, 0.25) is 0 Å². The zero-order valence-electron chi connectivity index (χ0n) is 15.9. The van der Waals surface area contributed by atoms with E-state index in [0.29, 0.717) is 12.1 Å². The quantitative estimate of drug-likeness (QED) is 0.841. The van der Waals surface area contributed by atoms with Gasteiger partial charge in [0.05, 0.1) is 0 Å². The van der Waals surface area contributed by atoms with Crippen molar-refractivity contribution < 1.29 is 9.53 Å². The molecular weight excluding hydrogens is 302 g/mol. The number of nitrogens with zero attached hydrogens (tertiary/aromatic N) is 2. The van der Waals surface area contributed by atoms with Gasteiger partial charge in [-0.3, -0.25) is 0 Å². The minimum Gasteiger partial charge on any atom is -0.444 e. The first-order valence-electron chi connectivity index (χ1n) is 9.78. The molecule has 0 radical (unpaired) electrons. The van der Waals surface area contributed by atoms with Gasteiger partial charge in [-0.15, -0.1) is 0 Å². The van der Waals surface area contributed by atoms with Gasteiger partial charge in [0.25, 0.3) is 0 Å². The van der Waals surface area contributed by atoms with Gasteiger partial charge in [-0.1, -0.05) is 6.42 Å². The maximum atomic E-state index is 12.2. The Hall–Kier alpha value is -0.810. The molecule has 1 N–H and O–H groups in total. The summed E-state index contributed by atoms with van der Waals surface area (Å²) in [5.41, 5.74) is -0.405. The van der Waals surface area contributed by atoms with Gasteiger partial charge in [-0.2, -0.15) is 0 Å². The summed E-state index contributed by atoms with van der Waals surface area (Å²) in [4.78, 5) is 16.6. The van der Waals surface area contributed by atoms with E-state index in [1.165, 1.54) is 32.1 Å². The summed E-state index contributed by atoms with van der Waals surface area (Å²) in [6.45, 7) is 7.40. The second-order valence-electron chi connectivity index (χ2n) is 8.98. The number of amides is 1. The summed E-state index contributed by atoms with van der Waals surface area (Å²) in [6.07, 6.45) is 8.64. The predicted molar refractivity (Wildman–Crippen MR) is 96.2 cm³/mol. The molecule has 2 unspecified atom stereocenters. The van der Waals surface area contributed by atoms with Crippen LogP contribution in [0.5, 0.6) is 0 Å². The lowest BCUT2D eigenvalue weighted by Crippen LogP contribution is -2.57. The number of ether oxygens (including phenoxy) is 1. The monoisotopic (exact) mass is 337 g/mol. The van der Waals surface area contributed by atoms with Crippen LogP contribution < -0.4 is 5.32 Å². The number of nitrogens with one attached hydrogen (secondary N) is 1. The third-order valence-electron chi connectivity index (χ3n) is 5.96. The molecule has 3 aliphatic rings. The zero-order valence-corrected chi connectivity index (χ0v) is 15.9. The molecule has 0 spiro atoms. The van der Waals surface area contributed by atoms with Gasteiger partial charge >= 0.3 is 6.09 Å². The molecular formula is C19H35N3O2. The van der Waals surface area contributed by atoms with E-state index in [9.17, 15) is 4.79 Å². The van der Waals surface area contributed by atoms with E-state index in [2.05, 4.69) is 17.3 Å². The number of hydrogen-bond donors (Lipinski definition) is 1. The molecule has 3 fully saturated rings. The Balaban J connectivity index is 1.44. The Morgan fingerprint density at radius 1 is 1.00 bits per heavy atom. The highest BCUT2D eigenvalue weighted by Gasteiger charge is 2.37. The van der Waals surface area contributed by atoms with Gasteiger partial charge < -0.3 is 19.9 Å². The Morgan fingerprint density at radius 2 is 1.58 bits per heavy atom. The summed E-state index contributed by atoms with van der Waals surface area (Å²) in [7, 11) is 2.31. The highest BCUT2D eigenvalue weighted by atomic mass is 16.6. The smallest absolute Gasteiger partial charge is 0.410 e. The molecule has 0 aliphatic carbocycles. The van der Waals surface area contributed by atoms with Crippen molar-refractivity contribution in [1.29, 1.82) is 0 Å². The molecule has 2 bridgehead atoms. The third kappa shape index (κ3) is 4.42. The number of rotatable bonds is 2. The van der Waals surface area contributed by atoms with Gasteiger partial charge in [0, 0.05) is 37.3 Å². The van der Waals surface area contributed by atoms with Gasteiger partial charge in [0.15, 0.2) is 0 Å². The summed E-state index contributed by atoms with van der Waals surface area (Å²) >= 11 is 0. The number of piperidine rings is 3. The minimum absolute atomic E-state index is 0.158. The van der Waals surface area contributed by atoms with Gasteiger partial charge in [0.2, 0.25) is 0 Å². The molecule has 138 valence electrons. The molecule has 24 heavy (non-hydrogen) atoms. The Kier molecular flexibility index (Phi) is 5.40. The van der Waals surface area contributed by atoms with E-state index < -0.39 is 5.60 Å². The minimum atomic E-state index is -0.405. The molecule has 0 saturated carbocycles. The molecule has 3 saturated heterocycles. The van der Waals surface area contributed by atoms with Crippen molar-refractivity contribution in [2.24, 2.45) is 0 Å². The van der Waals surface area contributed by atoms with Crippen molar-refractivity contribution in [3.8, 4) is 0 Å². The average Bonchev–Trinajstić information content (AvgIpc) is 2.47. The number of fused-ring (bicyclic) bond motifs is 2. The van der Waals surface area contributed by atoms with E-state index in [1.807, 2.05) is 25.7 Å². The Labute approximate surface area is 147 Å². The van der Waals surface area contributed by atoms with Crippen molar-refractivity contribution in [3.63, 3.8) is 0 Å². The largest absolute Gasteiger partial charge is 0.444 e. The fourth-order valence-corrected chi connectivity index (χ4v) is 4.64. The molecule has 0 aromatic carbocycles. The van der Waals surface area contributed by atoms with Crippen LogP contribution in [0.4, 0.5) is 4.79 Å². The lowest BCUT2D eigenvalue weighted by molar-refractivity contribution is 0.0173. The number of carbonyl (C=O) groups excluding carboxylic acids is 1. The average molecular weight is 338 g/mol. The first-order valence-corrected chi connectivity index (χ1v) is 9.78. The molecule has 5 nitrogen and oxygen atoms in total. The second-order valence-corrected chi connectivity index (χ2v) is 8.98. The van der Waals surface area contributed by atoms with Crippen molar-refractivity contribution in [1.82, 2.24) is 15.1 Å². The van der Waals surface area contributed by atoms with Crippen LogP contribution in [0.15, 0.2) is 0 Å². The first kappa shape index (κ1) is 18.0. The summed E-state index contributed by atoms with van der Waals surface area (Å²) < 4.78 is 5.49. The highest BCUT2D eigenvalue weighted by molar-refractivity contribution is 5.68. The lowest BCUT2D eigenvalue weighted by Gasteiger charge is -2.48. The van der Waals surface area contributed by atoms with Gasteiger partial charge in [-0.05, 0) is 66.3 Å². The standard InChI is InChI=1S/C19H35N3O2/c1-19(2,3)24-18(23)22-10-8-14(9-11-22)20-15-12-16-6-5-7-17(13-15)21(16)4/h14-17,20H,5-13H2,1-4H3. The van der Waals surface area contributed by atoms with Crippen LogP contribution in [0.25, 0.3) is 0 Å². The van der Waals surface area contributed by atoms with E-state index >= 15 is 0 Å². The predicted octanol–water partition coefficient (Wildman–Crippen LogP) is 2.99. The maximum absolute atomic E-state index is 12.2. The van der Waals surface area contributed by atoms with Crippen LogP contribution in [0.1, 0.15) is 65.7 Å². The molecule has 3 rings (SSSR count).